The number of Topliss-reactive ketones (excluding diaryl/α,β-unsaturated/α-hetero) is 1. The monoisotopic (exact) mass is 759 g/mol. The molecule has 7 rings (SSSR count). The predicted molar refractivity (Wildman–Crippen MR) is 170 cm³/mol. The maximum absolute atomic E-state index is 12.9. The van der Waals surface area contributed by atoms with Gasteiger partial charge in [-0.05, 0) is 73.1 Å². The molecule has 1 saturated heterocycles. The van der Waals surface area contributed by atoms with Crippen molar-refractivity contribution in [2.75, 3.05) is 12.3 Å². The van der Waals surface area contributed by atoms with Crippen molar-refractivity contribution < 1.29 is 65.8 Å². The zero-order chi connectivity index (χ0) is 35.8. The van der Waals surface area contributed by atoms with Crippen LogP contribution in [0.15, 0.2) is 30.9 Å². The van der Waals surface area contributed by atoms with Gasteiger partial charge in [-0.1, -0.05) is 13.0 Å². The van der Waals surface area contributed by atoms with E-state index < -0.39 is 54.6 Å². The van der Waals surface area contributed by atoms with Crippen LogP contribution in [-0.2, 0) is 43.0 Å². The van der Waals surface area contributed by atoms with E-state index in [2.05, 4.69) is 26.2 Å². The fourth-order valence-corrected chi connectivity index (χ4v) is 10.9. The number of carbonyl (C=O) groups excluding carboxylic acids is 1. The van der Waals surface area contributed by atoms with Crippen molar-refractivity contribution in [3.63, 3.8) is 0 Å². The first kappa shape index (κ1) is 35.8. The summed E-state index contributed by atoms with van der Waals surface area (Å²) in [6.07, 6.45) is 0.223. The second-order valence-electron chi connectivity index (χ2n) is 13.3. The summed E-state index contributed by atoms with van der Waals surface area (Å²) in [5, 5.41) is 10.9. The van der Waals surface area contributed by atoms with E-state index in [-0.39, 0.29) is 34.1 Å². The zero-order valence-electron chi connectivity index (χ0n) is 26.5. The average Bonchev–Trinajstić information content (AvgIpc) is 3.68. The van der Waals surface area contributed by atoms with Gasteiger partial charge in [0, 0.05) is 11.8 Å². The van der Waals surface area contributed by atoms with Crippen molar-refractivity contribution in [2.24, 2.45) is 17.3 Å². The fourth-order valence-electron chi connectivity index (χ4n) is 8.29. The third-order valence-electron chi connectivity index (χ3n) is 10.5. The quantitative estimate of drug-likeness (QED) is 0.162. The minimum atomic E-state index is -5.42. The highest BCUT2D eigenvalue weighted by molar-refractivity contribution is 7.61. The molecule has 272 valence electrons. The Kier molecular flexibility index (Phi) is 9.15. The standard InChI is InChI=1S/C28H36N5O14P3/c1-28-9-8-17-16-5-3-15(10-14(16)2-4-18(17)19(28)6-7-21(28)34)45-50(41,42)47-49(39,40)43-11-20-24(46-48(36,37)38)23(35)27(44-20)33-13-32-22-25(29)30-12-31-26(22)33/h3,5,10,12-13,17-20,23-24,27,35H,2,4,6-9,11H2,1H3,(H,39,40)(H,41,42)(H2,29,30,31)(H2,36,37,38)/t17-,18-,19+,20-,23-,24-,27-,28+/m1/s1. The van der Waals surface area contributed by atoms with E-state index in [1.165, 1.54) is 17.0 Å². The Morgan fingerprint density at radius 3 is 2.60 bits per heavy atom. The third-order valence-corrected chi connectivity index (χ3v) is 13.6. The molecular weight excluding hydrogens is 723 g/mol. The first-order chi connectivity index (χ1) is 23.4. The molecule has 19 nitrogen and oxygen atoms in total. The Bertz CT molecular complexity index is 1970. The van der Waals surface area contributed by atoms with Crippen molar-refractivity contribution in [3.05, 3.63) is 42.0 Å². The van der Waals surface area contributed by atoms with Crippen molar-refractivity contribution in [1.29, 1.82) is 0 Å². The van der Waals surface area contributed by atoms with Crippen LogP contribution in [0.25, 0.3) is 11.2 Å². The molecule has 3 aromatic rings. The lowest BCUT2D eigenvalue weighted by Crippen LogP contribution is -2.42. The highest BCUT2D eigenvalue weighted by Crippen LogP contribution is 2.62. The van der Waals surface area contributed by atoms with Crippen LogP contribution in [0.2, 0.25) is 0 Å². The Hall–Kier alpha value is -2.63. The number of aliphatic hydroxyl groups excluding tert-OH is 1. The maximum atomic E-state index is 12.9. The van der Waals surface area contributed by atoms with E-state index in [4.69, 9.17) is 24.0 Å². The van der Waals surface area contributed by atoms with Crippen molar-refractivity contribution in [1.82, 2.24) is 19.5 Å². The van der Waals surface area contributed by atoms with Crippen LogP contribution < -0.4 is 10.3 Å². The van der Waals surface area contributed by atoms with Gasteiger partial charge in [0.25, 0.3) is 0 Å². The lowest BCUT2D eigenvalue weighted by atomic mass is 9.55. The third kappa shape index (κ3) is 6.71. The van der Waals surface area contributed by atoms with Crippen LogP contribution in [0.3, 0.4) is 0 Å². The fraction of sp³-hybridized carbons (Fsp3) is 0.571. The van der Waals surface area contributed by atoms with Gasteiger partial charge >= 0.3 is 23.5 Å². The summed E-state index contributed by atoms with van der Waals surface area (Å²) in [4.78, 5) is 64.2. The van der Waals surface area contributed by atoms with Crippen molar-refractivity contribution >= 4 is 46.2 Å². The second-order valence-corrected chi connectivity index (χ2v) is 17.5. The number of nitrogen functional groups attached to an aromatic ring is 1. The van der Waals surface area contributed by atoms with E-state index >= 15 is 0 Å². The number of ether oxygens (including phenoxy) is 1. The number of rotatable bonds is 10. The number of nitrogens with zero attached hydrogens (tertiary/aromatic N) is 4. The van der Waals surface area contributed by atoms with Gasteiger partial charge in [-0.15, -0.1) is 0 Å². The molecule has 2 saturated carbocycles. The predicted octanol–water partition coefficient (Wildman–Crippen LogP) is 2.88. The smallest absolute Gasteiger partial charge is 0.404 e. The van der Waals surface area contributed by atoms with E-state index in [0.29, 0.717) is 30.5 Å². The number of hydrogen-bond acceptors (Lipinski definition) is 14. The van der Waals surface area contributed by atoms with E-state index in [0.717, 1.165) is 43.1 Å². The Balaban J connectivity index is 1.02. The summed E-state index contributed by atoms with van der Waals surface area (Å²) in [7, 11) is -16.0. The lowest BCUT2D eigenvalue weighted by Gasteiger charge is -2.48. The van der Waals surface area contributed by atoms with Gasteiger partial charge in [-0.2, -0.15) is 4.31 Å². The summed E-state index contributed by atoms with van der Waals surface area (Å²) in [6.45, 7) is 1.08. The van der Waals surface area contributed by atoms with Gasteiger partial charge < -0.3 is 34.8 Å². The van der Waals surface area contributed by atoms with Crippen molar-refractivity contribution in [3.8, 4) is 5.75 Å². The number of imidazole rings is 1. The second kappa shape index (κ2) is 12.8. The molecule has 2 aromatic heterocycles. The Morgan fingerprint density at radius 1 is 1.06 bits per heavy atom. The van der Waals surface area contributed by atoms with E-state index in [1.807, 2.05) is 0 Å². The summed E-state index contributed by atoms with van der Waals surface area (Å²) in [5.74, 6) is 1.19. The molecule has 0 spiro atoms. The zero-order valence-corrected chi connectivity index (χ0v) is 29.2. The number of aryl methyl sites for hydroxylation is 1. The van der Waals surface area contributed by atoms with Crippen LogP contribution in [0, 0.1) is 17.3 Å². The van der Waals surface area contributed by atoms with Crippen LogP contribution in [0.1, 0.15) is 62.3 Å². The Morgan fingerprint density at radius 2 is 1.84 bits per heavy atom. The SMILES string of the molecule is C[C@]12CC[C@@H]3c4ccc(OP(=O)(O)OP(=O)(O)OC[C@H]5O[C@@H](n6cnc7c(N)ncnc76)[C@H](O)[C@@H]5OP(=O)(O)O)cc4CC[C@H]3[C@@H]1CCC2=O. The molecule has 3 heterocycles. The van der Waals surface area contributed by atoms with E-state index in [9.17, 15) is 43.2 Å². The maximum Gasteiger partial charge on any atom is 0.536 e. The van der Waals surface area contributed by atoms with Crippen LogP contribution in [-0.4, -0.2) is 74.9 Å². The molecule has 22 heteroatoms. The number of fused-ring (bicyclic) bond motifs is 6. The molecule has 3 fully saturated rings. The van der Waals surface area contributed by atoms with Gasteiger partial charge in [0.2, 0.25) is 0 Å². The number of nitrogens with two attached hydrogens (primary N) is 1. The van der Waals surface area contributed by atoms with Gasteiger partial charge in [0.05, 0.1) is 12.9 Å². The van der Waals surface area contributed by atoms with Gasteiger partial charge in [-0.25, -0.2) is 28.6 Å². The molecule has 7 N–H and O–H groups in total. The topological polar surface area (TPSA) is 285 Å². The molecule has 1 aliphatic heterocycles. The average molecular weight is 760 g/mol. The molecule has 4 aliphatic rings. The summed E-state index contributed by atoms with van der Waals surface area (Å²) >= 11 is 0. The van der Waals surface area contributed by atoms with Crippen LogP contribution >= 0.6 is 23.5 Å². The van der Waals surface area contributed by atoms with Gasteiger partial charge in [-0.3, -0.25) is 23.3 Å². The first-order valence-electron chi connectivity index (χ1n) is 15.8. The molecular formula is C28H36N5O14P3. The van der Waals surface area contributed by atoms with Crippen molar-refractivity contribution in [2.45, 2.75) is 75.9 Å². The van der Waals surface area contributed by atoms with Crippen LogP contribution in [0.5, 0.6) is 5.75 Å². The molecule has 2 unspecified atom stereocenters. The van der Waals surface area contributed by atoms with Crippen LogP contribution in [0.4, 0.5) is 5.82 Å². The molecule has 0 radical (unpaired) electrons. The summed E-state index contributed by atoms with van der Waals surface area (Å²) in [6, 6.07) is 4.87. The molecule has 0 amide bonds. The highest BCUT2D eigenvalue weighted by atomic mass is 31.3. The number of aromatic nitrogens is 4. The molecule has 50 heavy (non-hydrogen) atoms. The molecule has 10 atom stereocenters. The number of carbonyl (C=O) groups is 1. The number of hydrogen-bond donors (Lipinski definition) is 6. The number of ketones is 1. The van der Waals surface area contributed by atoms with Gasteiger partial charge in [0.1, 0.15) is 41.7 Å². The highest BCUT2D eigenvalue weighted by Gasteiger charge is 2.55. The largest absolute Gasteiger partial charge is 0.536 e. The minimum absolute atomic E-state index is 0.00150. The minimum Gasteiger partial charge on any atom is -0.404 e. The molecule has 1 aromatic carbocycles. The first-order valence-corrected chi connectivity index (χ1v) is 20.3. The molecule has 0 bridgehead atoms. The number of aliphatic hydroxyl groups is 1. The number of phosphoric acid groups is 3. The molecule has 3 aliphatic carbocycles. The normalized spacial score (nSPS) is 33.3. The number of anilines is 1. The van der Waals surface area contributed by atoms with Gasteiger partial charge in [0.15, 0.2) is 17.7 Å². The number of phosphoric ester groups is 3. The van der Waals surface area contributed by atoms with E-state index in [1.54, 1.807) is 12.1 Å². The Labute approximate surface area is 284 Å². The summed E-state index contributed by atoms with van der Waals surface area (Å²) < 4.78 is 63.5. The summed E-state index contributed by atoms with van der Waals surface area (Å²) in [5.41, 5.74) is 7.73. The lowest BCUT2D eigenvalue weighted by molar-refractivity contribution is -0.129. The number of benzene rings is 1.